The van der Waals surface area contributed by atoms with Gasteiger partial charge in [-0.25, -0.2) is 4.39 Å². The largest absolute Gasteiger partial charge is 0.486 e. The van der Waals surface area contributed by atoms with Crippen LogP contribution in [0, 0.1) is 23.6 Å². The first kappa shape index (κ1) is 29.0. The van der Waals surface area contributed by atoms with Crippen LogP contribution in [0.2, 0.25) is 0 Å². The van der Waals surface area contributed by atoms with Crippen molar-refractivity contribution >= 4 is 11.7 Å². The molecule has 1 amide bonds. The van der Waals surface area contributed by atoms with Gasteiger partial charge in [-0.05, 0) is 92.5 Å². The molecule has 3 N–H and O–H groups in total. The number of nitrogens with one attached hydrogen (secondary N) is 1. The lowest BCUT2D eigenvalue weighted by atomic mass is 9.73. The zero-order valence-corrected chi connectivity index (χ0v) is 23.4. The Morgan fingerprint density at radius 2 is 1.76 bits per heavy atom. The molecule has 2 aromatic rings. The van der Waals surface area contributed by atoms with Crippen LogP contribution in [-0.4, -0.2) is 37.0 Å². The Morgan fingerprint density at radius 3 is 2.48 bits per heavy atom. The molecule has 6 nitrogen and oxygen atoms in total. The van der Waals surface area contributed by atoms with Crippen molar-refractivity contribution in [2.24, 2.45) is 23.5 Å². The summed E-state index contributed by atoms with van der Waals surface area (Å²) in [7, 11) is 0. The van der Waals surface area contributed by atoms with Gasteiger partial charge in [0.2, 0.25) is 5.91 Å². The molecule has 4 aliphatic carbocycles. The third-order valence-corrected chi connectivity index (χ3v) is 9.69. The molecule has 2 bridgehead atoms. The van der Waals surface area contributed by atoms with Crippen molar-refractivity contribution < 1.29 is 36.6 Å². The number of nitrogens with two attached hydrogens (primary N) is 1. The second kappa shape index (κ2) is 11.2. The number of Topliss-reactive ketones (excluding diaryl/α,β-unsaturated/α-hetero) is 1. The fraction of sp³-hybridized carbons (Fsp3) is 0.562. The first-order valence-corrected chi connectivity index (χ1v) is 14.9. The van der Waals surface area contributed by atoms with Crippen molar-refractivity contribution in [1.82, 2.24) is 5.32 Å². The molecule has 2 aromatic carbocycles. The van der Waals surface area contributed by atoms with E-state index in [0.717, 1.165) is 49.8 Å². The Balaban J connectivity index is 1.24. The summed E-state index contributed by atoms with van der Waals surface area (Å²) < 4.78 is 65.7. The van der Waals surface area contributed by atoms with E-state index in [1.54, 1.807) is 12.1 Å². The van der Waals surface area contributed by atoms with Crippen molar-refractivity contribution in [2.45, 2.75) is 81.5 Å². The van der Waals surface area contributed by atoms with Gasteiger partial charge in [-0.2, -0.15) is 13.2 Å². The van der Waals surface area contributed by atoms with Gasteiger partial charge < -0.3 is 20.5 Å². The molecule has 0 radical (unpaired) electrons. The van der Waals surface area contributed by atoms with E-state index in [0.29, 0.717) is 49.0 Å². The van der Waals surface area contributed by atoms with E-state index in [1.165, 1.54) is 0 Å². The SMILES string of the molecule is NC1CC2CCC(C1)C(CC(=O)C(Cc1ccc3c(c1)OCCO3)NC(=O)C1(c3ccc(C(F)(F)F)cc3F)CC1)C2. The summed E-state index contributed by atoms with van der Waals surface area (Å²) in [5, 5.41) is 2.90. The van der Waals surface area contributed by atoms with Crippen molar-refractivity contribution in [2.75, 3.05) is 13.2 Å². The van der Waals surface area contributed by atoms with Gasteiger partial charge in [0.1, 0.15) is 19.0 Å². The molecular weight excluding hydrogens is 552 g/mol. The molecule has 226 valence electrons. The van der Waals surface area contributed by atoms with Crippen molar-refractivity contribution in [1.29, 1.82) is 0 Å². The van der Waals surface area contributed by atoms with E-state index in [1.807, 2.05) is 6.07 Å². The van der Waals surface area contributed by atoms with Crippen LogP contribution in [0.15, 0.2) is 36.4 Å². The van der Waals surface area contributed by atoms with Crippen LogP contribution in [0.25, 0.3) is 0 Å². The van der Waals surface area contributed by atoms with Gasteiger partial charge in [-0.15, -0.1) is 0 Å². The number of benzene rings is 2. The topological polar surface area (TPSA) is 90.7 Å². The van der Waals surface area contributed by atoms with Crippen LogP contribution < -0.4 is 20.5 Å². The number of fused-ring (bicyclic) bond motifs is 5. The predicted molar refractivity (Wildman–Crippen MR) is 147 cm³/mol. The molecular formula is C32H36F4N2O4. The first-order valence-electron chi connectivity index (χ1n) is 14.9. The monoisotopic (exact) mass is 588 g/mol. The van der Waals surface area contributed by atoms with E-state index >= 15 is 0 Å². The minimum atomic E-state index is -4.69. The van der Waals surface area contributed by atoms with Crippen LogP contribution in [-0.2, 0) is 27.6 Å². The quantitative estimate of drug-likeness (QED) is 0.399. The van der Waals surface area contributed by atoms with E-state index in [-0.39, 0.29) is 42.6 Å². The molecule has 0 saturated heterocycles. The minimum Gasteiger partial charge on any atom is -0.486 e. The lowest BCUT2D eigenvalue weighted by Crippen LogP contribution is -2.47. The van der Waals surface area contributed by atoms with E-state index in [9.17, 15) is 27.2 Å². The molecule has 7 rings (SSSR count). The highest BCUT2D eigenvalue weighted by Crippen LogP contribution is 2.50. The van der Waals surface area contributed by atoms with Crippen LogP contribution in [0.3, 0.4) is 0 Å². The van der Waals surface area contributed by atoms with Gasteiger partial charge in [0.25, 0.3) is 0 Å². The molecule has 5 aliphatic rings. The molecule has 0 aromatic heterocycles. The molecule has 1 heterocycles. The number of ether oxygens (including phenoxy) is 2. The molecule has 5 unspecified atom stereocenters. The Morgan fingerprint density at radius 1 is 1.00 bits per heavy atom. The smallest absolute Gasteiger partial charge is 0.416 e. The molecule has 0 spiro atoms. The number of alkyl halides is 3. The Hall–Kier alpha value is -3.14. The number of carbonyl (C=O) groups is 2. The summed E-state index contributed by atoms with van der Waals surface area (Å²) >= 11 is 0. The fourth-order valence-electron chi connectivity index (χ4n) is 7.33. The summed E-state index contributed by atoms with van der Waals surface area (Å²) in [4.78, 5) is 27.6. The second-order valence-corrected chi connectivity index (χ2v) is 12.6. The maximum atomic E-state index is 15.0. The van der Waals surface area contributed by atoms with Gasteiger partial charge in [-0.3, -0.25) is 9.59 Å². The summed E-state index contributed by atoms with van der Waals surface area (Å²) in [5.41, 5.74) is 4.62. The van der Waals surface area contributed by atoms with Crippen molar-refractivity contribution in [3.05, 3.63) is 58.9 Å². The number of ketones is 1. The predicted octanol–water partition coefficient (Wildman–Crippen LogP) is 5.49. The van der Waals surface area contributed by atoms with Gasteiger partial charge in [0.15, 0.2) is 17.3 Å². The van der Waals surface area contributed by atoms with Crippen LogP contribution >= 0.6 is 0 Å². The lowest BCUT2D eigenvalue weighted by Gasteiger charge is -2.33. The molecule has 4 saturated carbocycles. The lowest BCUT2D eigenvalue weighted by molar-refractivity contribution is -0.137. The summed E-state index contributed by atoms with van der Waals surface area (Å²) in [6.07, 6.45) is 1.37. The molecule has 42 heavy (non-hydrogen) atoms. The number of rotatable bonds is 8. The number of carbonyl (C=O) groups excluding carboxylic acids is 2. The van der Waals surface area contributed by atoms with Crippen LogP contribution in [0.5, 0.6) is 11.5 Å². The van der Waals surface area contributed by atoms with Crippen molar-refractivity contribution in [3.8, 4) is 11.5 Å². The maximum Gasteiger partial charge on any atom is 0.416 e. The zero-order chi connectivity index (χ0) is 29.6. The van der Waals surface area contributed by atoms with Gasteiger partial charge in [-0.1, -0.05) is 18.6 Å². The van der Waals surface area contributed by atoms with E-state index < -0.39 is 34.9 Å². The van der Waals surface area contributed by atoms with Crippen LogP contribution in [0.1, 0.15) is 68.1 Å². The molecule has 10 heteroatoms. The number of amides is 1. The first-order chi connectivity index (χ1) is 20.0. The summed E-state index contributed by atoms with van der Waals surface area (Å²) in [6.45, 7) is 0.850. The third-order valence-electron chi connectivity index (χ3n) is 9.69. The van der Waals surface area contributed by atoms with Gasteiger partial charge >= 0.3 is 6.18 Å². The van der Waals surface area contributed by atoms with Gasteiger partial charge in [0.05, 0.1) is 17.0 Å². The van der Waals surface area contributed by atoms with E-state index in [2.05, 4.69) is 5.32 Å². The van der Waals surface area contributed by atoms with Gasteiger partial charge in [0, 0.05) is 18.0 Å². The Bertz CT molecular complexity index is 1360. The average molecular weight is 589 g/mol. The highest BCUT2D eigenvalue weighted by atomic mass is 19.4. The Kier molecular flexibility index (Phi) is 7.70. The number of halogens is 4. The summed E-state index contributed by atoms with van der Waals surface area (Å²) in [6, 6.07) is 6.95. The highest BCUT2D eigenvalue weighted by Gasteiger charge is 2.54. The fourth-order valence-corrected chi connectivity index (χ4v) is 7.33. The second-order valence-electron chi connectivity index (χ2n) is 12.6. The Labute approximate surface area is 242 Å². The standard InChI is InChI=1S/C32H36F4N2O4/c33-25-17-22(32(34,35)36)4-5-24(25)31(7-8-31)30(40)38-26(13-19-2-6-28-29(14-19)42-10-9-41-28)27(39)16-21-11-18-1-3-20(21)15-23(37)12-18/h2,4-6,14,17-18,20-21,23,26H,1,3,7-13,15-16,37H2,(H,38,40). The van der Waals surface area contributed by atoms with E-state index in [4.69, 9.17) is 15.2 Å². The number of hydrogen-bond donors (Lipinski definition) is 2. The van der Waals surface area contributed by atoms with Crippen molar-refractivity contribution in [3.63, 3.8) is 0 Å². The molecule has 5 atom stereocenters. The highest BCUT2D eigenvalue weighted by molar-refractivity contribution is 5.96. The molecule has 4 fully saturated rings. The average Bonchev–Trinajstić information content (AvgIpc) is 3.78. The minimum absolute atomic E-state index is 0.0754. The summed E-state index contributed by atoms with van der Waals surface area (Å²) in [5.74, 6) is 0.512. The maximum absolute atomic E-state index is 15.0. The number of hydrogen-bond acceptors (Lipinski definition) is 5. The third kappa shape index (κ3) is 5.87. The molecule has 1 aliphatic heterocycles. The normalized spacial score (nSPS) is 26.7. The van der Waals surface area contributed by atoms with Crippen LogP contribution in [0.4, 0.5) is 17.6 Å². The zero-order valence-electron chi connectivity index (χ0n) is 23.4.